The Morgan fingerprint density at radius 1 is 1.64 bits per heavy atom. The maximum atomic E-state index is 4.22. The summed E-state index contributed by atoms with van der Waals surface area (Å²) >= 11 is 0. The SMILES string of the molecule is CCn1ccc2c[c]cnc21. The molecule has 2 aromatic rings. The first-order valence-corrected chi connectivity index (χ1v) is 3.72. The highest BCUT2D eigenvalue weighted by Crippen LogP contribution is 2.10. The fraction of sp³-hybridized carbons (Fsp3) is 0.222. The largest absolute Gasteiger partial charge is 0.333 e. The minimum Gasteiger partial charge on any atom is -0.333 e. The molecule has 0 aliphatic carbocycles. The van der Waals surface area contributed by atoms with Gasteiger partial charge < -0.3 is 4.57 Å². The van der Waals surface area contributed by atoms with E-state index in [0.29, 0.717) is 0 Å². The number of hydrogen-bond donors (Lipinski definition) is 0. The lowest BCUT2D eigenvalue weighted by molar-refractivity contribution is 0.787. The van der Waals surface area contributed by atoms with Gasteiger partial charge in [0.1, 0.15) is 5.65 Å². The van der Waals surface area contributed by atoms with Crippen LogP contribution in [0, 0.1) is 6.07 Å². The van der Waals surface area contributed by atoms with Crippen LogP contribution in [0.5, 0.6) is 0 Å². The first kappa shape index (κ1) is 6.40. The lowest BCUT2D eigenvalue weighted by Gasteiger charge is -1.96. The van der Waals surface area contributed by atoms with Gasteiger partial charge >= 0.3 is 0 Å². The highest BCUT2D eigenvalue weighted by molar-refractivity contribution is 5.75. The van der Waals surface area contributed by atoms with E-state index in [1.165, 1.54) is 0 Å². The van der Waals surface area contributed by atoms with E-state index in [-0.39, 0.29) is 0 Å². The predicted molar refractivity (Wildman–Crippen MR) is 44.2 cm³/mol. The zero-order chi connectivity index (χ0) is 7.68. The number of aromatic nitrogens is 2. The third-order valence-electron chi connectivity index (χ3n) is 1.81. The summed E-state index contributed by atoms with van der Waals surface area (Å²) < 4.78 is 2.11. The van der Waals surface area contributed by atoms with Gasteiger partial charge in [-0.25, -0.2) is 4.98 Å². The summed E-state index contributed by atoms with van der Waals surface area (Å²) in [6.45, 7) is 3.08. The van der Waals surface area contributed by atoms with Crippen molar-refractivity contribution in [2.24, 2.45) is 0 Å². The van der Waals surface area contributed by atoms with Crippen molar-refractivity contribution in [1.82, 2.24) is 9.55 Å². The highest BCUT2D eigenvalue weighted by atomic mass is 15.0. The molecule has 2 nitrogen and oxygen atoms in total. The summed E-state index contributed by atoms with van der Waals surface area (Å²) in [5, 5.41) is 1.16. The number of fused-ring (bicyclic) bond motifs is 1. The Balaban J connectivity index is 2.76. The lowest BCUT2D eigenvalue weighted by Crippen LogP contribution is -1.91. The van der Waals surface area contributed by atoms with E-state index in [4.69, 9.17) is 0 Å². The second-order valence-corrected chi connectivity index (χ2v) is 2.45. The maximum absolute atomic E-state index is 4.22. The molecule has 0 unspecified atom stereocenters. The van der Waals surface area contributed by atoms with E-state index >= 15 is 0 Å². The number of hydrogen-bond acceptors (Lipinski definition) is 1. The van der Waals surface area contributed by atoms with Crippen LogP contribution in [-0.2, 0) is 6.54 Å². The van der Waals surface area contributed by atoms with Crippen LogP contribution in [0.2, 0.25) is 0 Å². The molecule has 0 fully saturated rings. The zero-order valence-corrected chi connectivity index (χ0v) is 6.41. The number of rotatable bonds is 1. The second-order valence-electron chi connectivity index (χ2n) is 2.45. The molecule has 0 atom stereocenters. The standard InChI is InChI=1S/C9H9N2/c1-2-11-7-5-8-4-3-6-10-9(8)11/h4-7H,2H2,1H3. The molecule has 11 heavy (non-hydrogen) atoms. The molecular formula is C9H9N2. The van der Waals surface area contributed by atoms with Crippen molar-refractivity contribution in [3.05, 3.63) is 30.6 Å². The van der Waals surface area contributed by atoms with Gasteiger partial charge in [0.15, 0.2) is 0 Å². The Bertz CT molecular complexity index is 362. The quantitative estimate of drug-likeness (QED) is 0.598. The molecule has 0 spiro atoms. The van der Waals surface area contributed by atoms with Gasteiger partial charge in [0.05, 0.1) is 0 Å². The van der Waals surface area contributed by atoms with Crippen molar-refractivity contribution in [2.75, 3.05) is 0 Å². The van der Waals surface area contributed by atoms with Gasteiger partial charge in [-0.2, -0.15) is 0 Å². The summed E-state index contributed by atoms with van der Waals surface area (Å²) in [6.07, 6.45) is 3.75. The fourth-order valence-electron chi connectivity index (χ4n) is 1.22. The molecular weight excluding hydrogens is 136 g/mol. The van der Waals surface area contributed by atoms with Crippen molar-refractivity contribution in [3.8, 4) is 0 Å². The zero-order valence-electron chi connectivity index (χ0n) is 6.41. The monoisotopic (exact) mass is 145 g/mol. The smallest absolute Gasteiger partial charge is 0.139 e. The number of pyridine rings is 1. The number of nitrogens with zero attached hydrogens (tertiary/aromatic N) is 2. The van der Waals surface area contributed by atoms with Gasteiger partial charge in [-0.15, -0.1) is 0 Å². The summed E-state index contributed by atoms with van der Waals surface area (Å²) in [6, 6.07) is 6.96. The Morgan fingerprint density at radius 2 is 2.55 bits per heavy atom. The Kier molecular flexibility index (Phi) is 1.39. The summed E-state index contributed by atoms with van der Waals surface area (Å²) in [4.78, 5) is 4.22. The van der Waals surface area contributed by atoms with E-state index in [9.17, 15) is 0 Å². The first-order valence-electron chi connectivity index (χ1n) is 3.72. The van der Waals surface area contributed by atoms with Crippen LogP contribution in [0.4, 0.5) is 0 Å². The van der Waals surface area contributed by atoms with Gasteiger partial charge in [-0.05, 0) is 19.1 Å². The average Bonchev–Trinajstić information content (AvgIpc) is 2.47. The minimum absolute atomic E-state index is 0.973. The normalized spacial score (nSPS) is 10.6. The van der Waals surface area contributed by atoms with Crippen molar-refractivity contribution >= 4 is 11.0 Å². The van der Waals surface area contributed by atoms with Gasteiger partial charge in [-0.3, -0.25) is 0 Å². The van der Waals surface area contributed by atoms with E-state index in [2.05, 4.69) is 28.6 Å². The Hall–Kier alpha value is -1.31. The molecule has 2 aromatic heterocycles. The number of aryl methyl sites for hydroxylation is 1. The van der Waals surface area contributed by atoms with Crippen molar-refractivity contribution in [3.63, 3.8) is 0 Å². The van der Waals surface area contributed by atoms with E-state index in [1.54, 1.807) is 6.20 Å². The van der Waals surface area contributed by atoms with Gasteiger partial charge in [0.25, 0.3) is 0 Å². The third-order valence-corrected chi connectivity index (χ3v) is 1.81. The minimum atomic E-state index is 0.973. The average molecular weight is 145 g/mol. The van der Waals surface area contributed by atoms with Crippen molar-refractivity contribution < 1.29 is 0 Å². The second kappa shape index (κ2) is 2.38. The van der Waals surface area contributed by atoms with E-state index in [1.807, 2.05) is 12.3 Å². The first-order chi connectivity index (χ1) is 5.42. The fourth-order valence-corrected chi connectivity index (χ4v) is 1.22. The highest BCUT2D eigenvalue weighted by Gasteiger charge is 1.96. The molecule has 2 heteroatoms. The Morgan fingerprint density at radius 3 is 3.36 bits per heavy atom. The molecule has 0 aliphatic rings. The van der Waals surface area contributed by atoms with Crippen LogP contribution < -0.4 is 0 Å². The van der Waals surface area contributed by atoms with Crippen molar-refractivity contribution in [2.45, 2.75) is 13.5 Å². The molecule has 2 heterocycles. The van der Waals surface area contributed by atoms with Gasteiger partial charge in [0, 0.05) is 30.4 Å². The maximum Gasteiger partial charge on any atom is 0.139 e. The molecule has 0 N–H and O–H groups in total. The Labute approximate surface area is 65.5 Å². The molecule has 0 amide bonds. The van der Waals surface area contributed by atoms with Crippen LogP contribution in [-0.4, -0.2) is 9.55 Å². The van der Waals surface area contributed by atoms with Crippen LogP contribution >= 0.6 is 0 Å². The lowest BCUT2D eigenvalue weighted by atomic mass is 10.3. The molecule has 0 bridgehead atoms. The van der Waals surface area contributed by atoms with Crippen LogP contribution in [0.1, 0.15) is 6.92 Å². The third kappa shape index (κ3) is 0.909. The van der Waals surface area contributed by atoms with E-state index in [0.717, 1.165) is 17.6 Å². The summed E-state index contributed by atoms with van der Waals surface area (Å²) in [7, 11) is 0. The van der Waals surface area contributed by atoms with Crippen LogP contribution in [0.3, 0.4) is 0 Å². The molecule has 0 aliphatic heterocycles. The predicted octanol–water partition coefficient (Wildman–Crippen LogP) is 1.86. The van der Waals surface area contributed by atoms with Gasteiger partial charge in [-0.1, -0.05) is 0 Å². The summed E-state index contributed by atoms with van der Waals surface area (Å²) in [5.41, 5.74) is 1.05. The topological polar surface area (TPSA) is 17.8 Å². The summed E-state index contributed by atoms with van der Waals surface area (Å²) in [5.74, 6) is 0. The molecule has 0 aromatic carbocycles. The van der Waals surface area contributed by atoms with Gasteiger partial charge in [0.2, 0.25) is 0 Å². The van der Waals surface area contributed by atoms with E-state index < -0.39 is 0 Å². The molecule has 55 valence electrons. The molecule has 0 saturated carbocycles. The molecule has 2 rings (SSSR count). The van der Waals surface area contributed by atoms with Crippen LogP contribution in [0.15, 0.2) is 24.5 Å². The molecule has 0 saturated heterocycles. The van der Waals surface area contributed by atoms with Crippen LogP contribution in [0.25, 0.3) is 11.0 Å². The molecule has 1 radical (unpaired) electrons. The van der Waals surface area contributed by atoms with Crippen molar-refractivity contribution in [1.29, 1.82) is 0 Å².